The fourth-order valence-electron chi connectivity index (χ4n) is 1.53. The number of benzene rings is 1. The highest BCUT2D eigenvalue weighted by Crippen LogP contribution is 2.29. The van der Waals surface area contributed by atoms with E-state index in [-0.39, 0.29) is 23.9 Å². The molecule has 0 saturated heterocycles. The van der Waals surface area contributed by atoms with E-state index in [0.29, 0.717) is 5.56 Å². The highest BCUT2D eigenvalue weighted by Gasteiger charge is 2.31. The van der Waals surface area contributed by atoms with Crippen LogP contribution in [0.15, 0.2) is 18.2 Å². The molecule has 0 spiro atoms. The highest BCUT2D eigenvalue weighted by atomic mass is 35.5. The molecule has 0 aromatic heterocycles. The van der Waals surface area contributed by atoms with E-state index < -0.39 is 19.3 Å². The molecule has 1 rings (SSSR count). The smallest absolute Gasteiger partial charge is 0.395 e. The lowest BCUT2D eigenvalue weighted by Crippen LogP contribution is -2.36. The molecule has 102 valence electrons. The standard InChI is InChI=1S/C11H13ClF3NO2/c12-9-5-8(6-18)1-2-10(9)16(3-4-17)7-11(13,14)15/h1-2,5,17-18H,3-4,6-7H2. The van der Waals surface area contributed by atoms with Crippen LogP contribution in [0, 0.1) is 0 Å². The summed E-state index contributed by atoms with van der Waals surface area (Å²) in [5, 5.41) is 17.8. The minimum Gasteiger partial charge on any atom is -0.395 e. The summed E-state index contributed by atoms with van der Waals surface area (Å²) in [6.45, 7) is -2.00. The molecule has 0 radical (unpaired) electrons. The largest absolute Gasteiger partial charge is 0.405 e. The molecule has 0 atom stereocenters. The Morgan fingerprint density at radius 2 is 1.89 bits per heavy atom. The van der Waals surface area contributed by atoms with Gasteiger partial charge in [-0.1, -0.05) is 17.7 Å². The first-order valence-corrected chi connectivity index (χ1v) is 5.57. The molecule has 0 aliphatic heterocycles. The Bertz CT molecular complexity index is 398. The summed E-state index contributed by atoms with van der Waals surface area (Å²) in [4.78, 5) is 0.948. The Kier molecular flexibility index (Phi) is 5.25. The number of rotatable bonds is 5. The van der Waals surface area contributed by atoms with Gasteiger partial charge < -0.3 is 15.1 Å². The van der Waals surface area contributed by atoms with E-state index in [2.05, 4.69) is 0 Å². The van der Waals surface area contributed by atoms with Crippen LogP contribution in [0.2, 0.25) is 5.02 Å². The lowest BCUT2D eigenvalue weighted by atomic mass is 10.2. The van der Waals surface area contributed by atoms with Crippen LogP contribution in [0.1, 0.15) is 5.56 Å². The van der Waals surface area contributed by atoms with Crippen molar-refractivity contribution in [1.82, 2.24) is 0 Å². The first-order valence-electron chi connectivity index (χ1n) is 5.19. The second kappa shape index (κ2) is 6.26. The van der Waals surface area contributed by atoms with Gasteiger partial charge in [0.2, 0.25) is 0 Å². The molecule has 0 heterocycles. The Morgan fingerprint density at radius 1 is 1.22 bits per heavy atom. The van der Waals surface area contributed by atoms with Gasteiger partial charge in [-0.05, 0) is 17.7 Å². The Balaban J connectivity index is 2.98. The SMILES string of the molecule is OCCN(CC(F)(F)F)c1ccc(CO)cc1Cl. The van der Waals surface area contributed by atoms with Crippen molar-refractivity contribution >= 4 is 17.3 Å². The summed E-state index contributed by atoms with van der Waals surface area (Å²) in [7, 11) is 0. The molecule has 2 N–H and O–H groups in total. The molecule has 18 heavy (non-hydrogen) atoms. The maximum absolute atomic E-state index is 12.4. The second-order valence-corrected chi connectivity index (χ2v) is 4.11. The summed E-state index contributed by atoms with van der Waals surface area (Å²) < 4.78 is 37.2. The third-order valence-electron chi connectivity index (χ3n) is 2.28. The number of aliphatic hydroxyl groups is 2. The molecule has 0 bridgehead atoms. The average Bonchev–Trinajstić information content (AvgIpc) is 2.26. The molecular formula is C11H13ClF3NO2. The number of alkyl halides is 3. The second-order valence-electron chi connectivity index (χ2n) is 3.70. The third kappa shape index (κ3) is 4.36. The van der Waals surface area contributed by atoms with Crippen LogP contribution in [-0.2, 0) is 6.61 Å². The van der Waals surface area contributed by atoms with Gasteiger partial charge in [-0.25, -0.2) is 0 Å². The topological polar surface area (TPSA) is 43.7 Å². The van der Waals surface area contributed by atoms with Gasteiger partial charge in [-0.15, -0.1) is 0 Å². The van der Waals surface area contributed by atoms with Gasteiger partial charge in [0.15, 0.2) is 0 Å². The summed E-state index contributed by atoms with van der Waals surface area (Å²) >= 11 is 5.87. The number of hydrogen-bond acceptors (Lipinski definition) is 3. The molecule has 0 aliphatic carbocycles. The van der Waals surface area contributed by atoms with Crippen LogP contribution in [0.4, 0.5) is 18.9 Å². The zero-order chi connectivity index (χ0) is 13.8. The van der Waals surface area contributed by atoms with Crippen molar-refractivity contribution in [3.8, 4) is 0 Å². The van der Waals surface area contributed by atoms with Crippen molar-refractivity contribution in [1.29, 1.82) is 0 Å². The number of anilines is 1. The van der Waals surface area contributed by atoms with Gasteiger partial charge in [-0.2, -0.15) is 13.2 Å². The maximum atomic E-state index is 12.4. The molecule has 0 unspecified atom stereocenters. The fraction of sp³-hybridized carbons (Fsp3) is 0.455. The van der Waals surface area contributed by atoms with Crippen LogP contribution in [0.25, 0.3) is 0 Å². The van der Waals surface area contributed by atoms with E-state index in [1.165, 1.54) is 18.2 Å². The number of nitrogens with zero attached hydrogens (tertiary/aromatic N) is 1. The van der Waals surface area contributed by atoms with Crippen LogP contribution in [0.5, 0.6) is 0 Å². The van der Waals surface area contributed by atoms with Crippen molar-refractivity contribution in [2.45, 2.75) is 12.8 Å². The van der Waals surface area contributed by atoms with Crippen LogP contribution in [-0.4, -0.2) is 36.1 Å². The van der Waals surface area contributed by atoms with Crippen LogP contribution < -0.4 is 4.90 Å². The minimum atomic E-state index is -4.38. The quantitative estimate of drug-likeness (QED) is 0.871. The molecular weight excluding hydrogens is 271 g/mol. The van der Waals surface area contributed by atoms with Crippen molar-refractivity contribution in [3.63, 3.8) is 0 Å². The Labute approximate surface area is 107 Å². The van der Waals surface area contributed by atoms with Gasteiger partial charge in [0, 0.05) is 6.54 Å². The summed E-state index contributed by atoms with van der Waals surface area (Å²) in [6, 6.07) is 4.29. The van der Waals surface area contributed by atoms with Crippen molar-refractivity contribution < 1.29 is 23.4 Å². The third-order valence-corrected chi connectivity index (χ3v) is 2.58. The summed E-state index contributed by atoms with van der Waals surface area (Å²) in [6.07, 6.45) is -4.38. The zero-order valence-corrected chi connectivity index (χ0v) is 10.2. The van der Waals surface area contributed by atoms with Crippen molar-refractivity contribution in [3.05, 3.63) is 28.8 Å². The normalized spacial score (nSPS) is 11.7. The van der Waals surface area contributed by atoms with Crippen molar-refractivity contribution in [2.75, 3.05) is 24.6 Å². The fourth-order valence-corrected chi connectivity index (χ4v) is 1.85. The van der Waals surface area contributed by atoms with Crippen molar-refractivity contribution in [2.24, 2.45) is 0 Å². The molecule has 0 amide bonds. The summed E-state index contributed by atoms with van der Waals surface area (Å²) in [5.74, 6) is 0. The van der Waals surface area contributed by atoms with E-state index in [4.69, 9.17) is 21.8 Å². The predicted molar refractivity (Wildman–Crippen MR) is 62.7 cm³/mol. The Hall–Kier alpha value is -0.980. The lowest BCUT2D eigenvalue weighted by molar-refractivity contribution is -0.119. The van der Waals surface area contributed by atoms with Gasteiger partial charge in [-0.3, -0.25) is 0 Å². The van der Waals surface area contributed by atoms with E-state index in [0.717, 1.165) is 4.90 Å². The maximum Gasteiger partial charge on any atom is 0.405 e. The molecule has 0 aliphatic rings. The molecule has 1 aromatic carbocycles. The van der Waals surface area contributed by atoms with Gasteiger partial charge in [0.1, 0.15) is 6.54 Å². The molecule has 3 nitrogen and oxygen atoms in total. The van der Waals surface area contributed by atoms with E-state index in [1.54, 1.807) is 0 Å². The van der Waals surface area contributed by atoms with Gasteiger partial charge in [0.05, 0.1) is 23.9 Å². The minimum absolute atomic E-state index is 0.110. The molecule has 1 aromatic rings. The highest BCUT2D eigenvalue weighted by molar-refractivity contribution is 6.33. The van der Waals surface area contributed by atoms with Gasteiger partial charge in [0.25, 0.3) is 0 Å². The first-order chi connectivity index (χ1) is 8.37. The molecule has 0 saturated carbocycles. The Morgan fingerprint density at radius 3 is 2.33 bits per heavy atom. The first kappa shape index (κ1) is 15.1. The lowest BCUT2D eigenvalue weighted by Gasteiger charge is -2.26. The number of halogens is 4. The predicted octanol–water partition coefficient (Wildman–Crippen LogP) is 2.19. The van der Waals surface area contributed by atoms with E-state index in [1.807, 2.05) is 0 Å². The average molecular weight is 284 g/mol. The van der Waals surface area contributed by atoms with Crippen LogP contribution >= 0.6 is 11.6 Å². The van der Waals surface area contributed by atoms with Crippen LogP contribution in [0.3, 0.4) is 0 Å². The summed E-state index contributed by atoms with van der Waals surface area (Å²) in [5.41, 5.74) is 0.694. The zero-order valence-electron chi connectivity index (χ0n) is 9.41. The molecule has 0 fully saturated rings. The number of aliphatic hydroxyl groups excluding tert-OH is 2. The monoisotopic (exact) mass is 283 g/mol. The van der Waals surface area contributed by atoms with Gasteiger partial charge >= 0.3 is 6.18 Å². The van der Waals surface area contributed by atoms with E-state index in [9.17, 15) is 13.2 Å². The van der Waals surface area contributed by atoms with E-state index >= 15 is 0 Å². The molecule has 7 heteroatoms. The number of hydrogen-bond donors (Lipinski definition) is 2.